The van der Waals surface area contributed by atoms with Crippen molar-refractivity contribution in [3.05, 3.63) is 51.5 Å². The Bertz CT molecular complexity index is 847. The molecule has 0 saturated heterocycles. The number of benzene rings is 2. The second-order valence-corrected chi connectivity index (χ2v) is 7.08. The first-order chi connectivity index (χ1) is 10.0. The first kappa shape index (κ1) is 14.7. The van der Waals surface area contributed by atoms with Gasteiger partial charge in [0, 0.05) is 20.7 Å². The Morgan fingerprint density at radius 1 is 1.29 bits per heavy atom. The second kappa shape index (κ2) is 5.88. The molecule has 106 valence electrons. The molecule has 0 amide bonds. The van der Waals surface area contributed by atoms with E-state index in [2.05, 4.69) is 26.2 Å². The van der Waals surface area contributed by atoms with Crippen molar-refractivity contribution in [3.8, 4) is 0 Å². The molecular weight excluding hydrogens is 390 g/mol. The SMILES string of the molecule is NC(=S)c1ccc(Nc2nc3ccc(Cl)cc3s2)cc1Br. The summed E-state index contributed by atoms with van der Waals surface area (Å²) in [6.45, 7) is 0. The Hall–Kier alpha value is -1.21. The van der Waals surface area contributed by atoms with E-state index in [1.165, 1.54) is 0 Å². The van der Waals surface area contributed by atoms with Gasteiger partial charge in [-0.15, -0.1) is 0 Å². The van der Waals surface area contributed by atoms with Crippen LogP contribution in [0.2, 0.25) is 5.02 Å². The number of nitrogens with one attached hydrogen (secondary N) is 1. The molecule has 0 spiro atoms. The van der Waals surface area contributed by atoms with Gasteiger partial charge in [0.2, 0.25) is 0 Å². The molecule has 3 nitrogen and oxygen atoms in total. The minimum Gasteiger partial charge on any atom is -0.389 e. The number of nitrogens with zero attached hydrogens (tertiary/aromatic N) is 1. The molecule has 0 fully saturated rings. The molecule has 0 radical (unpaired) electrons. The monoisotopic (exact) mass is 397 g/mol. The maximum absolute atomic E-state index is 5.98. The molecule has 0 aliphatic carbocycles. The number of anilines is 2. The summed E-state index contributed by atoms with van der Waals surface area (Å²) >= 11 is 16.0. The van der Waals surface area contributed by atoms with Gasteiger partial charge in [0.1, 0.15) is 4.99 Å². The Balaban J connectivity index is 1.91. The number of rotatable bonds is 3. The molecular formula is C14H9BrClN3S2. The van der Waals surface area contributed by atoms with E-state index in [0.717, 1.165) is 31.1 Å². The standard InChI is InChI=1S/C14H9BrClN3S2/c15-10-6-8(2-3-9(10)13(17)20)18-14-19-11-4-1-7(16)5-12(11)21-14/h1-6H,(H2,17,20)(H,18,19). The lowest BCUT2D eigenvalue weighted by atomic mass is 10.2. The molecule has 0 aliphatic rings. The van der Waals surface area contributed by atoms with Gasteiger partial charge in [0.15, 0.2) is 5.13 Å². The molecule has 3 N–H and O–H groups in total. The van der Waals surface area contributed by atoms with E-state index in [0.29, 0.717) is 10.0 Å². The zero-order chi connectivity index (χ0) is 15.0. The summed E-state index contributed by atoms with van der Waals surface area (Å²) in [7, 11) is 0. The van der Waals surface area contributed by atoms with Crippen molar-refractivity contribution >= 4 is 77.1 Å². The summed E-state index contributed by atoms with van der Waals surface area (Å²) < 4.78 is 1.90. The molecule has 0 unspecified atom stereocenters. The van der Waals surface area contributed by atoms with E-state index in [1.807, 2.05) is 36.4 Å². The molecule has 1 heterocycles. The average Bonchev–Trinajstić information content (AvgIpc) is 2.79. The quantitative estimate of drug-likeness (QED) is 0.603. The van der Waals surface area contributed by atoms with Crippen molar-refractivity contribution in [3.63, 3.8) is 0 Å². The summed E-state index contributed by atoms with van der Waals surface area (Å²) in [6.07, 6.45) is 0. The van der Waals surface area contributed by atoms with Crippen molar-refractivity contribution < 1.29 is 0 Å². The van der Waals surface area contributed by atoms with Crippen LogP contribution in [-0.4, -0.2) is 9.97 Å². The largest absolute Gasteiger partial charge is 0.389 e. The van der Waals surface area contributed by atoms with Crippen LogP contribution < -0.4 is 11.1 Å². The topological polar surface area (TPSA) is 50.9 Å². The van der Waals surface area contributed by atoms with Gasteiger partial charge in [0.25, 0.3) is 0 Å². The van der Waals surface area contributed by atoms with E-state index >= 15 is 0 Å². The van der Waals surface area contributed by atoms with Crippen molar-refractivity contribution in [1.82, 2.24) is 4.98 Å². The van der Waals surface area contributed by atoms with E-state index in [1.54, 1.807) is 11.3 Å². The third-order valence-electron chi connectivity index (χ3n) is 2.84. The summed E-state index contributed by atoms with van der Waals surface area (Å²) in [4.78, 5) is 4.88. The van der Waals surface area contributed by atoms with Crippen LogP contribution in [0.1, 0.15) is 5.56 Å². The second-order valence-electron chi connectivity index (χ2n) is 4.31. The number of halogens is 2. The third-order valence-corrected chi connectivity index (χ3v) is 4.88. The molecule has 3 aromatic rings. The van der Waals surface area contributed by atoms with Crippen molar-refractivity contribution in [2.45, 2.75) is 0 Å². The highest BCUT2D eigenvalue weighted by Crippen LogP contribution is 2.31. The van der Waals surface area contributed by atoms with Crippen molar-refractivity contribution in [1.29, 1.82) is 0 Å². The molecule has 0 saturated carbocycles. The lowest BCUT2D eigenvalue weighted by molar-refractivity contribution is 1.44. The highest BCUT2D eigenvalue weighted by Gasteiger charge is 2.07. The maximum Gasteiger partial charge on any atom is 0.188 e. The van der Waals surface area contributed by atoms with Crippen LogP contribution in [0, 0.1) is 0 Å². The van der Waals surface area contributed by atoms with E-state index in [4.69, 9.17) is 29.6 Å². The van der Waals surface area contributed by atoms with Crippen LogP contribution in [0.4, 0.5) is 10.8 Å². The summed E-state index contributed by atoms with van der Waals surface area (Å²) in [6, 6.07) is 11.4. The number of fused-ring (bicyclic) bond motifs is 1. The first-order valence-electron chi connectivity index (χ1n) is 5.95. The van der Waals surface area contributed by atoms with Crippen LogP contribution >= 0.6 is 51.1 Å². The molecule has 21 heavy (non-hydrogen) atoms. The molecule has 0 aliphatic heterocycles. The predicted molar refractivity (Wildman–Crippen MR) is 97.9 cm³/mol. The number of nitrogens with two attached hydrogens (primary N) is 1. The van der Waals surface area contributed by atoms with Gasteiger partial charge in [-0.1, -0.05) is 35.2 Å². The molecule has 7 heteroatoms. The van der Waals surface area contributed by atoms with Gasteiger partial charge in [-0.05, 0) is 52.3 Å². The normalized spacial score (nSPS) is 10.8. The van der Waals surface area contributed by atoms with Crippen LogP contribution in [0.3, 0.4) is 0 Å². The highest BCUT2D eigenvalue weighted by atomic mass is 79.9. The van der Waals surface area contributed by atoms with Gasteiger partial charge < -0.3 is 11.1 Å². The number of aromatic nitrogens is 1. The number of hydrogen-bond donors (Lipinski definition) is 2. The minimum atomic E-state index is 0.364. The predicted octanol–water partition coefficient (Wildman–Crippen LogP) is 5.09. The Kier molecular flexibility index (Phi) is 4.12. The van der Waals surface area contributed by atoms with Crippen LogP contribution in [0.5, 0.6) is 0 Å². The maximum atomic E-state index is 5.98. The molecule has 0 atom stereocenters. The fraction of sp³-hybridized carbons (Fsp3) is 0. The van der Waals surface area contributed by atoms with Crippen molar-refractivity contribution in [2.75, 3.05) is 5.32 Å². The molecule has 1 aromatic heterocycles. The number of thiocarbonyl (C=S) groups is 1. The zero-order valence-electron chi connectivity index (χ0n) is 10.6. The Morgan fingerprint density at radius 2 is 2.10 bits per heavy atom. The van der Waals surface area contributed by atoms with Crippen LogP contribution in [0.25, 0.3) is 10.2 Å². The summed E-state index contributed by atoms with van der Waals surface area (Å²) in [5.41, 5.74) is 8.28. The summed E-state index contributed by atoms with van der Waals surface area (Å²) in [5.74, 6) is 0. The lowest BCUT2D eigenvalue weighted by Gasteiger charge is -2.06. The van der Waals surface area contributed by atoms with Gasteiger partial charge >= 0.3 is 0 Å². The Morgan fingerprint density at radius 3 is 2.81 bits per heavy atom. The zero-order valence-corrected chi connectivity index (χ0v) is 14.5. The number of hydrogen-bond acceptors (Lipinski definition) is 4. The Labute approximate surface area is 144 Å². The van der Waals surface area contributed by atoms with Gasteiger partial charge in [-0.2, -0.15) is 0 Å². The van der Waals surface area contributed by atoms with E-state index in [-0.39, 0.29) is 0 Å². The van der Waals surface area contributed by atoms with E-state index in [9.17, 15) is 0 Å². The molecule has 2 aromatic carbocycles. The fourth-order valence-corrected chi connectivity index (χ4v) is 3.93. The lowest BCUT2D eigenvalue weighted by Crippen LogP contribution is -2.10. The molecule has 0 bridgehead atoms. The highest BCUT2D eigenvalue weighted by molar-refractivity contribution is 9.10. The summed E-state index contributed by atoms with van der Waals surface area (Å²) in [5, 5.41) is 4.79. The first-order valence-corrected chi connectivity index (χ1v) is 8.35. The smallest absolute Gasteiger partial charge is 0.188 e. The third kappa shape index (κ3) is 3.18. The van der Waals surface area contributed by atoms with Crippen molar-refractivity contribution in [2.24, 2.45) is 5.73 Å². The van der Waals surface area contributed by atoms with Gasteiger partial charge in [-0.3, -0.25) is 0 Å². The van der Waals surface area contributed by atoms with E-state index < -0.39 is 0 Å². The number of thiazole rings is 1. The van der Waals surface area contributed by atoms with Crippen LogP contribution in [0.15, 0.2) is 40.9 Å². The van der Waals surface area contributed by atoms with Gasteiger partial charge in [-0.25, -0.2) is 4.98 Å². The fourth-order valence-electron chi connectivity index (χ4n) is 1.87. The minimum absolute atomic E-state index is 0.364. The average molecular weight is 399 g/mol. The van der Waals surface area contributed by atoms with Crippen LogP contribution in [-0.2, 0) is 0 Å². The van der Waals surface area contributed by atoms with Gasteiger partial charge in [0.05, 0.1) is 10.2 Å². The molecule has 3 rings (SSSR count).